The fourth-order valence-corrected chi connectivity index (χ4v) is 3.44. The number of nitrogens with one attached hydrogen (secondary N) is 1. The number of thioether (sulfide) groups is 1. The molecule has 7 heteroatoms. The molecule has 0 saturated heterocycles. The standard InChI is InChI=1S/C24H25NO5S/c1-31-21-13-9-18(10-14-21)25-24(28)30-23(17-7-11-19(27)12-8-17)22(15-16-26)29-20-5-3-2-4-6-20/h2-14,22-23,26-27H,15-16H2,1H3,(H,25,28)/t22-,23-/m1/s1. The smallest absolute Gasteiger partial charge is 0.412 e. The molecule has 0 aliphatic rings. The number of amides is 1. The normalized spacial score (nSPS) is 12.6. The molecule has 162 valence electrons. The summed E-state index contributed by atoms with van der Waals surface area (Å²) in [6, 6.07) is 22.9. The van der Waals surface area contributed by atoms with Gasteiger partial charge in [-0.05, 0) is 60.4 Å². The van der Waals surface area contributed by atoms with Crippen molar-refractivity contribution in [1.82, 2.24) is 0 Å². The van der Waals surface area contributed by atoms with E-state index in [0.717, 1.165) is 4.90 Å². The van der Waals surface area contributed by atoms with E-state index in [2.05, 4.69) is 5.32 Å². The molecular weight excluding hydrogens is 414 g/mol. The van der Waals surface area contributed by atoms with Gasteiger partial charge in [0.2, 0.25) is 0 Å². The molecule has 0 aliphatic heterocycles. The molecule has 0 saturated carbocycles. The van der Waals surface area contributed by atoms with Gasteiger partial charge in [0.25, 0.3) is 0 Å². The Balaban J connectivity index is 1.81. The molecule has 3 N–H and O–H groups in total. The fraction of sp³-hybridized carbons (Fsp3) is 0.208. The highest BCUT2D eigenvalue weighted by atomic mass is 32.2. The van der Waals surface area contributed by atoms with E-state index in [1.54, 1.807) is 48.2 Å². The van der Waals surface area contributed by atoms with Crippen LogP contribution in [0, 0.1) is 0 Å². The number of aliphatic hydroxyl groups is 1. The first kappa shape index (κ1) is 22.5. The molecular formula is C24H25NO5S. The zero-order chi connectivity index (χ0) is 22.1. The van der Waals surface area contributed by atoms with Gasteiger partial charge in [-0.2, -0.15) is 0 Å². The first-order valence-corrected chi connectivity index (χ1v) is 11.0. The monoisotopic (exact) mass is 439 g/mol. The summed E-state index contributed by atoms with van der Waals surface area (Å²) >= 11 is 1.61. The maximum Gasteiger partial charge on any atom is 0.412 e. The van der Waals surface area contributed by atoms with Crippen molar-refractivity contribution >= 4 is 23.5 Å². The van der Waals surface area contributed by atoms with Gasteiger partial charge in [-0.1, -0.05) is 30.3 Å². The van der Waals surface area contributed by atoms with Gasteiger partial charge in [0.15, 0.2) is 6.10 Å². The lowest BCUT2D eigenvalue weighted by atomic mass is 10.0. The number of aromatic hydroxyl groups is 1. The summed E-state index contributed by atoms with van der Waals surface area (Å²) in [7, 11) is 0. The third-order valence-electron chi connectivity index (χ3n) is 4.57. The highest BCUT2D eigenvalue weighted by molar-refractivity contribution is 7.98. The van der Waals surface area contributed by atoms with Crippen LogP contribution in [0.1, 0.15) is 18.1 Å². The van der Waals surface area contributed by atoms with Gasteiger partial charge in [-0.3, -0.25) is 5.32 Å². The highest BCUT2D eigenvalue weighted by Gasteiger charge is 2.29. The van der Waals surface area contributed by atoms with Crippen molar-refractivity contribution in [3.63, 3.8) is 0 Å². The summed E-state index contributed by atoms with van der Waals surface area (Å²) < 4.78 is 11.8. The SMILES string of the molecule is CSc1ccc(NC(=O)O[C@H](c2ccc(O)cc2)[C@@H](CCO)Oc2ccccc2)cc1. The van der Waals surface area contributed by atoms with Crippen LogP contribution in [-0.2, 0) is 4.74 Å². The number of rotatable bonds is 9. The van der Waals surface area contributed by atoms with Crippen LogP contribution in [0.4, 0.5) is 10.5 Å². The molecule has 3 aromatic rings. The average Bonchev–Trinajstić information content (AvgIpc) is 2.79. The van der Waals surface area contributed by atoms with Crippen molar-refractivity contribution in [2.45, 2.75) is 23.5 Å². The topological polar surface area (TPSA) is 88.0 Å². The first-order chi connectivity index (χ1) is 15.1. The van der Waals surface area contributed by atoms with Crippen LogP contribution in [0.2, 0.25) is 0 Å². The summed E-state index contributed by atoms with van der Waals surface area (Å²) in [6.07, 6.45) is 0.137. The molecule has 0 spiro atoms. The van der Waals surface area contributed by atoms with Crippen molar-refractivity contribution in [2.24, 2.45) is 0 Å². The third kappa shape index (κ3) is 6.67. The van der Waals surface area contributed by atoms with Crippen LogP contribution in [0.3, 0.4) is 0 Å². The molecule has 0 heterocycles. The van der Waals surface area contributed by atoms with Gasteiger partial charge >= 0.3 is 6.09 Å². The molecule has 3 aromatic carbocycles. The predicted octanol–water partition coefficient (Wildman–Crippen LogP) is 5.23. The number of ether oxygens (including phenoxy) is 2. The number of phenols is 1. The van der Waals surface area contributed by atoms with Gasteiger partial charge < -0.3 is 19.7 Å². The van der Waals surface area contributed by atoms with E-state index in [-0.39, 0.29) is 18.8 Å². The molecule has 0 bridgehead atoms. The minimum atomic E-state index is -0.807. The Morgan fingerprint density at radius 3 is 2.29 bits per heavy atom. The molecule has 0 aromatic heterocycles. The summed E-state index contributed by atoms with van der Waals surface area (Å²) in [6.45, 7) is -0.146. The minimum absolute atomic E-state index is 0.100. The zero-order valence-electron chi connectivity index (χ0n) is 17.1. The van der Waals surface area contributed by atoms with Crippen molar-refractivity contribution in [2.75, 3.05) is 18.2 Å². The number of benzene rings is 3. The molecule has 0 unspecified atom stereocenters. The number of hydrogen-bond donors (Lipinski definition) is 3. The quantitative estimate of drug-likeness (QED) is 0.396. The molecule has 31 heavy (non-hydrogen) atoms. The van der Waals surface area contributed by atoms with Gasteiger partial charge in [0.05, 0.1) is 0 Å². The molecule has 0 fully saturated rings. The van der Waals surface area contributed by atoms with Gasteiger partial charge in [-0.25, -0.2) is 4.79 Å². The summed E-state index contributed by atoms with van der Waals surface area (Å²) in [4.78, 5) is 13.8. The molecule has 6 nitrogen and oxygen atoms in total. The number of para-hydroxylation sites is 1. The second kappa shape index (κ2) is 11.3. The van der Waals surface area contributed by atoms with Crippen LogP contribution >= 0.6 is 11.8 Å². The van der Waals surface area contributed by atoms with E-state index in [9.17, 15) is 15.0 Å². The Morgan fingerprint density at radius 2 is 1.68 bits per heavy atom. The van der Waals surface area contributed by atoms with Gasteiger partial charge in [0, 0.05) is 23.6 Å². The van der Waals surface area contributed by atoms with E-state index in [1.807, 2.05) is 36.6 Å². The third-order valence-corrected chi connectivity index (χ3v) is 5.32. The maximum absolute atomic E-state index is 12.7. The summed E-state index contributed by atoms with van der Waals surface area (Å²) in [5, 5.41) is 22.0. The van der Waals surface area contributed by atoms with Crippen molar-refractivity contribution in [1.29, 1.82) is 0 Å². The molecule has 0 aliphatic carbocycles. The Labute approximate surface area is 185 Å². The van der Waals surface area contributed by atoms with E-state index < -0.39 is 18.3 Å². The average molecular weight is 440 g/mol. The van der Waals surface area contributed by atoms with Gasteiger partial charge in [0.1, 0.15) is 17.6 Å². The minimum Gasteiger partial charge on any atom is -0.508 e. The van der Waals surface area contributed by atoms with E-state index in [1.165, 1.54) is 12.1 Å². The molecule has 2 atom stereocenters. The van der Waals surface area contributed by atoms with Gasteiger partial charge in [-0.15, -0.1) is 11.8 Å². The number of aliphatic hydroxyl groups excluding tert-OH is 1. The fourth-order valence-electron chi connectivity index (χ4n) is 3.03. The van der Waals surface area contributed by atoms with Crippen LogP contribution in [0.25, 0.3) is 0 Å². The zero-order valence-corrected chi connectivity index (χ0v) is 17.9. The largest absolute Gasteiger partial charge is 0.508 e. The lowest BCUT2D eigenvalue weighted by Crippen LogP contribution is -2.31. The number of carbonyl (C=O) groups is 1. The summed E-state index contributed by atoms with van der Waals surface area (Å²) in [5.74, 6) is 0.699. The summed E-state index contributed by atoms with van der Waals surface area (Å²) in [5.41, 5.74) is 1.25. The van der Waals surface area contributed by atoms with Crippen LogP contribution in [0.15, 0.2) is 83.8 Å². The molecule has 0 radical (unpaired) electrons. The van der Waals surface area contributed by atoms with Crippen molar-refractivity contribution in [3.05, 3.63) is 84.4 Å². The second-order valence-corrected chi connectivity index (χ2v) is 7.63. The second-order valence-electron chi connectivity index (χ2n) is 6.75. The van der Waals surface area contributed by atoms with Crippen molar-refractivity contribution < 1.29 is 24.5 Å². The number of phenolic OH excluding ortho intramolecular Hbond substituents is 1. The molecule has 1 amide bonds. The number of hydrogen-bond acceptors (Lipinski definition) is 6. The lowest BCUT2D eigenvalue weighted by molar-refractivity contribution is 0.00907. The molecule has 3 rings (SSSR count). The number of carbonyl (C=O) groups excluding carboxylic acids is 1. The van der Waals surface area contributed by atoms with Crippen molar-refractivity contribution in [3.8, 4) is 11.5 Å². The maximum atomic E-state index is 12.7. The van der Waals surface area contributed by atoms with Crippen LogP contribution in [0.5, 0.6) is 11.5 Å². The first-order valence-electron chi connectivity index (χ1n) is 9.82. The Hall–Kier alpha value is -3.16. The van der Waals surface area contributed by atoms with E-state index in [0.29, 0.717) is 17.0 Å². The predicted molar refractivity (Wildman–Crippen MR) is 122 cm³/mol. The lowest BCUT2D eigenvalue weighted by Gasteiger charge is -2.28. The van der Waals surface area contributed by atoms with E-state index in [4.69, 9.17) is 9.47 Å². The van der Waals surface area contributed by atoms with Crippen LogP contribution < -0.4 is 10.1 Å². The Morgan fingerprint density at radius 1 is 1.00 bits per heavy atom. The highest BCUT2D eigenvalue weighted by Crippen LogP contribution is 2.29. The van der Waals surface area contributed by atoms with Crippen LogP contribution in [-0.4, -0.2) is 35.3 Å². The Kier molecular flexibility index (Phi) is 8.20. The van der Waals surface area contributed by atoms with E-state index >= 15 is 0 Å². The number of anilines is 1. The Bertz CT molecular complexity index is 948.